The molecule has 134 valence electrons. The molecule has 0 saturated heterocycles. The van der Waals surface area contributed by atoms with Gasteiger partial charge in [0.15, 0.2) is 0 Å². The third kappa shape index (κ3) is 4.71. The molecule has 0 fully saturated rings. The number of aliphatic hydroxyl groups excluding tert-OH is 1. The van der Waals surface area contributed by atoms with E-state index in [4.69, 9.17) is 15.2 Å². The molecule has 0 bridgehead atoms. The highest BCUT2D eigenvalue weighted by atomic mass is 16.5. The minimum Gasteiger partial charge on any atom is -0.497 e. The van der Waals surface area contributed by atoms with E-state index >= 15 is 0 Å². The lowest BCUT2D eigenvalue weighted by molar-refractivity contribution is -0.123. The Labute approximate surface area is 147 Å². The van der Waals surface area contributed by atoms with Gasteiger partial charge in [0.2, 0.25) is 5.91 Å². The van der Waals surface area contributed by atoms with E-state index in [1.165, 1.54) is 7.11 Å². The molecule has 2 aromatic rings. The van der Waals surface area contributed by atoms with Crippen molar-refractivity contribution < 1.29 is 19.4 Å². The van der Waals surface area contributed by atoms with Gasteiger partial charge in [-0.1, -0.05) is 29.8 Å². The largest absolute Gasteiger partial charge is 0.497 e. The Kier molecular flexibility index (Phi) is 6.38. The highest BCUT2D eigenvalue weighted by Crippen LogP contribution is 2.29. The molecular weight excluding hydrogens is 320 g/mol. The zero-order valence-corrected chi connectivity index (χ0v) is 14.7. The van der Waals surface area contributed by atoms with Crippen LogP contribution in [0.1, 0.15) is 28.8 Å². The number of nitrogens with two attached hydrogens (primary N) is 1. The van der Waals surface area contributed by atoms with Gasteiger partial charge in [0.25, 0.3) is 0 Å². The van der Waals surface area contributed by atoms with Gasteiger partial charge in [-0.05, 0) is 30.7 Å². The van der Waals surface area contributed by atoms with Gasteiger partial charge in [-0.15, -0.1) is 0 Å². The number of carbonyl (C=O) groups excluding carboxylic acids is 1. The predicted octanol–water partition coefficient (Wildman–Crippen LogP) is 1.86. The van der Waals surface area contributed by atoms with E-state index in [9.17, 15) is 9.90 Å². The average molecular weight is 344 g/mol. The molecule has 2 unspecified atom stereocenters. The van der Waals surface area contributed by atoms with Crippen molar-refractivity contribution in [3.8, 4) is 11.5 Å². The van der Waals surface area contributed by atoms with E-state index in [1.807, 2.05) is 31.2 Å². The average Bonchev–Trinajstić information content (AvgIpc) is 2.65. The molecule has 25 heavy (non-hydrogen) atoms. The second-order valence-corrected chi connectivity index (χ2v) is 5.76. The van der Waals surface area contributed by atoms with Crippen LogP contribution in [0.5, 0.6) is 11.5 Å². The van der Waals surface area contributed by atoms with Crippen LogP contribution in [0, 0.1) is 6.92 Å². The monoisotopic (exact) mass is 344 g/mol. The molecule has 0 aliphatic rings. The number of amides is 1. The first-order valence-corrected chi connectivity index (χ1v) is 7.96. The van der Waals surface area contributed by atoms with Crippen molar-refractivity contribution in [1.29, 1.82) is 0 Å². The molecule has 0 aliphatic heterocycles. The first kappa shape index (κ1) is 18.8. The standard InChI is InChI=1S/C19H24N2O4/c1-12-4-6-13(7-5-12)18(20)19(23)21-11-16(22)15-10-14(24-2)8-9-17(15)25-3/h4-10,16,18,22H,11,20H2,1-3H3,(H,21,23). The van der Waals surface area contributed by atoms with Crippen LogP contribution in [-0.4, -0.2) is 31.8 Å². The van der Waals surface area contributed by atoms with Crippen molar-refractivity contribution in [1.82, 2.24) is 5.32 Å². The van der Waals surface area contributed by atoms with E-state index in [0.717, 1.165) is 11.1 Å². The normalized spacial score (nSPS) is 13.0. The van der Waals surface area contributed by atoms with Crippen molar-refractivity contribution in [2.75, 3.05) is 20.8 Å². The van der Waals surface area contributed by atoms with E-state index in [0.29, 0.717) is 17.1 Å². The van der Waals surface area contributed by atoms with E-state index in [2.05, 4.69) is 5.32 Å². The number of aliphatic hydroxyl groups is 1. The van der Waals surface area contributed by atoms with Gasteiger partial charge >= 0.3 is 0 Å². The van der Waals surface area contributed by atoms with Crippen molar-refractivity contribution in [3.63, 3.8) is 0 Å². The smallest absolute Gasteiger partial charge is 0.241 e. The lowest BCUT2D eigenvalue weighted by Crippen LogP contribution is -2.36. The van der Waals surface area contributed by atoms with Gasteiger partial charge in [0, 0.05) is 12.1 Å². The Morgan fingerprint density at radius 1 is 1.16 bits per heavy atom. The van der Waals surface area contributed by atoms with Crippen LogP contribution in [0.2, 0.25) is 0 Å². The van der Waals surface area contributed by atoms with Crippen LogP contribution in [-0.2, 0) is 4.79 Å². The third-order valence-electron chi connectivity index (χ3n) is 3.98. The highest BCUT2D eigenvalue weighted by molar-refractivity contribution is 5.83. The summed E-state index contributed by atoms with van der Waals surface area (Å²) in [6.45, 7) is 1.98. The predicted molar refractivity (Wildman–Crippen MR) is 95.6 cm³/mol. The van der Waals surface area contributed by atoms with Crippen molar-refractivity contribution >= 4 is 5.91 Å². The van der Waals surface area contributed by atoms with Crippen LogP contribution in [0.25, 0.3) is 0 Å². The van der Waals surface area contributed by atoms with Gasteiger partial charge in [0.1, 0.15) is 17.5 Å². The Balaban J connectivity index is 2.02. The van der Waals surface area contributed by atoms with Gasteiger partial charge in [-0.2, -0.15) is 0 Å². The van der Waals surface area contributed by atoms with E-state index < -0.39 is 12.1 Å². The molecule has 0 saturated carbocycles. The van der Waals surface area contributed by atoms with Gasteiger partial charge in [-0.3, -0.25) is 4.79 Å². The molecule has 0 spiro atoms. The molecule has 1 amide bonds. The number of rotatable bonds is 7. The van der Waals surface area contributed by atoms with E-state index in [1.54, 1.807) is 25.3 Å². The molecule has 2 atom stereocenters. The molecule has 0 aliphatic carbocycles. The van der Waals surface area contributed by atoms with Gasteiger partial charge < -0.3 is 25.6 Å². The number of carbonyl (C=O) groups is 1. The fourth-order valence-electron chi connectivity index (χ4n) is 2.44. The third-order valence-corrected chi connectivity index (χ3v) is 3.98. The Hall–Kier alpha value is -2.57. The summed E-state index contributed by atoms with van der Waals surface area (Å²) in [5.41, 5.74) is 8.32. The molecule has 0 radical (unpaired) electrons. The summed E-state index contributed by atoms with van der Waals surface area (Å²) in [5, 5.41) is 13.1. The van der Waals surface area contributed by atoms with E-state index in [-0.39, 0.29) is 12.5 Å². The number of hydrogen-bond acceptors (Lipinski definition) is 5. The summed E-state index contributed by atoms with van der Waals surface area (Å²) >= 11 is 0. The number of aryl methyl sites for hydroxylation is 1. The minimum atomic E-state index is -0.945. The van der Waals surface area contributed by atoms with Crippen LogP contribution in [0.15, 0.2) is 42.5 Å². The zero-order chi connectivity index (χ0) is 18.4. The lowest BCUT2D eigenvalue weighted by Gasteiger charge is -2.18. The molecule has 0 aromatic heterocycles. The van der Waals surface area contributed by atoms with Gasteiger partial charge in [0.05, 0.1) is 20.3 Å². The fourth-order valence-corrected chi connectivity index (χ4v) is 2.44. The number of nitrogens with one attached hydrogen (secondary N) is 1. The molecule has 2 aromatic carbocycles. The summed E-state index contributed by atoms with van der Waals surface area (Å²) in [6.07, 6.45) is -0.945. The second-order valence-electron chi connectivity index (χ2n) is 5.76. The molecule has 0 heterocycles. The van der Waals surface area contributed by atoms with Crippen molar-refractivity contribution in [3.05, 3.63) is 59.2 Å². The first-order chi connectivity index (χ1) is 12.0. The van der Waals surface area contributed by atoms with Crippen LogP contribution < -0.4 is 20.5 Å². The topological polar surface area (TPSA) is 93.8 Å². The maximum Gasteiger partial charge on any atom is 0.241 e. The van der Waals surface area contributed by atoms with Crippen molar-refractivity contribution in [2.24, 2.45) is 5.73 Å². The molecule has 2 rings (SSSR count). The van der Waals surface area contributed by atoms with Gasteiger partial charge in [-0.25, -0.2) is 0 Å². The molecule has 4 N–H and O–H groups in total. The van der Waals surface area contributed by atoms with Crippen LogP contribution >= 0.6 is 0 Å². The Morgan fingerprint density at radius 3 is 2.44 bits per heavy atom. The highest BCUT2D eigenvalue weighted by Gasteiger charge is 2.19. The number of ether oxygens (including phenoxy) is 2. The number of benzene rings is 2. The summed E-state index contributed by atoms with van der Waals surface area (Å²) in [6, 6.07) is 11.8. The first-order valence-electron chi connectivity index (χ1n) is 7.96. The summed E-state index contributed by atoms with van der Waals surface area (Å²) < 4.78 is 10.4. The second kappa shape index (κ2) is 8.50. The summed E-state index contributed by atoms with van der Waals surface area (Å²) in [7, 11) is 3.06. The summed E-state index contributed by atoms with van der Waals surface area (Å²) in [4.78, 5) is 12.2. The number of methoxy groups -OCH3 is 2. The zero-order valence-electron chi connectivity index (χ0n) is 14.7. The Morgan fingerprint density at radius 2 is 1.84 bits per heavy atom. The quantitative estimate of drug-likeness (QED) is 0.713. The summed E-state index contributed by atoms with van der Waals surface area (Å²) in [5.74, 6) is 0.757. The molecule has 6 nitrogen and oxygen atoms in total. The number of hydrogen-bond donors (Lipinski definition) is 3. The lowest BCUT2D eigenvalue weighted by atomic mass is 10.0. The maximum atomic E-state index is 12.2. The fraction of sp³-hybridized carbons (Fsp3) is 0.316. The molecular formula is C19H24N2O4. The van der Waals surface area contributed by atoms with Crippen molar-refractivity contribution in [2.45, 2.75) is 19.1 Å². The molecule has 6 heteroatoms. The minimum absolute atomic E-state index is 0.0158. The van der Waals surface area contributed by atoms with Crippen LogP contribution in [0.3, 0.4) is 0 Å². The van der Waals surface area contributed by atoms with Crippen LogP contribution in [0.4, 0.5) is 0 Å². The SMILES string of the molecule is COc1ccc(OC)c(C(O)CNC(=O)C(N)c2ccc(C)cc2)c1. The Bertz CT molecular complexity index is 716. The maximum absolute atomic E-state index is 12.2.